The van der Waals surface area contributed by atoms with E-state index >= 15 is 0 Å². The topological polar surface area (TPSA) is 60.5 Å². The summed E-state index contributed by atoms with van der Waals surface area (Å²) >= 11 is 0.714. The van der Waals surface area contributed by atoms with Crippen molar-refractivity contribution in [2.75, 3.05) is 19.5 Å². The smallest absolute Gasteiger partial charge is 0.434 e. The first-order valence-corrected chi connectivity index (χ1v) is 7.25. The van der Waals surface area contributed by atoms with E-state index in [1.54, 1.807) is 18.2 Å². The average molecular weight is 346 g/mol. The minimum Gasteiger partial charge on any atom is -0.497 e. The molecular formula is C14H13F3N2O3S. The Labute approximate surface area is 134 Å². The molecule has 0 bridgehead atoms. The first-order chi connectivity index (χ1) is 10.8. The standard InChI is InChI=1S/C14H13F3N2O3S/c1-21-9-3-4-10(22-2)8(5-9)6-12(20)19-13-18-11(7-23-13)14(15,16)17/h3-5,7H,6H2,1-2H3,(H,18,19,20). The zero-order valence-electron chi connectivity index (χ0n) is 12.2. The maximum absolute atomic E-state index is 12.5. The van der Waals surface area contributed by atoms with Crippen molar-refractivity contribution >= 4 is 22.4 Å². The third-order valence-corrected chi connectivity index (χ3v) is 3.64. The number of thiazole rings is 1. The molecule has 1 aromatic carbocycles. The number of nitrogens with zero attached hydrogens (tertiary/aromatic N) is 1. The Morgan fingerprint density at radius 3 is 2.61 bits per heavy atom. The van der Waals surface area contributed by atoms with Crippen LogP contribution in [0.15, 0.2) is 23.6 Å². The maximum Gasteiger partial charge on any atom is 0.434 e. The average Bonchev–Trinajstić information content (AvgIpc) is 2.95. The van der Waals surface area contributed by atoms with Gasteiger partial charge in [0.1, 0.15) is 11.5 Å². The van der Waals surface area contributed by atoms with Crippen LogP contribution in [0, 0.1) is 0 Å². The maximum atomic E-state index is 12.5. The van der Waals surface area contributed by atoms with E-state index in [-0.39, 0.29) is 11.6 Å². The molecule has 23 heavy (non-hydrogen) atoms. The van der Waals surface area contributed by atoms with Gasteiger partial charge < -0.3 is 14.8 Å². The number of carbonyl (C=O) groups excluding carboxylic acids is 1. The predicted octanol–water partition coefficient (Wildman–Crippen LogP) is 3.36. The highest BCUT2D eigenvalue weighted by molar-refractivity contribution is 7.13. The Hall–Kier alpha value is -2.29. The molecular weight excluding hydrogens is 333 g/mol. The molecule has 1 aromatic heterocycles. The van der Waals surface area contributed by atoms with Gasteiger partial charge in [-0.15, -0.1) is 11.3 Å². The van der Waals surface area contributed by atoms with Crippen molar-refractivity contribution in [3.05, 3.63) is 34.8 Å². The summed E-state index contributed by atoms with van der Waals surface area (Å²) < 4.78 is 47.6. The van der Waals surface area contributed by atoms with Gasteiger partial charge in [0.15, 0.2) is 10.8 Å². The number of aromatic nitrogens is 1. The minimum atomic E-state index is -4.53. The fourth-order valence-electron chi connectivity index (χ4n) is 1.82. The van der Waals surface area contributed by atoms with Crippen molar-refractivity contribution in [2.45, 2.75) is 12.6 Å². The van der Waals surface area contributed by atoms with Crippen LogP contribution in [-0.2, 0) is 17.4 Å². The second kappa shape index (κ2) is 6.86. The highest BCUT2D eigenvalue weighted by Crippen LogP contribution is 2.31. The number of hydrogen-bond acceptors (Lipinski definition) is 5. The van der Waals surface area contributed by atoms with Gasteiger partial charge in [-0.25, -0.2) is 4.98 Å². The Balaban J connectivity index is 2.09. The molecule has 0 aliphatic rings. The Morgan fingerprint density at radius 1 is 1.30 bits per heavy atom. The lowest BCUT2D eigenvalue weighted by atomic mass is 10.1. The van der Waals surface area contributed by atoms with E-state index in [4.69, 9.17) is 9.47 Å². The van der Waals surface area contributed by atoms with Crippen molar-refractivity contribution < 1.29 is 27.4 Å². The molecule has 0 saturated carbocycles. The van der Waals surface area contributed by atoms with Gasteiger partial charge in [0.25, 0.3) is 0 Å². The lowest BCUT2D eigenvalue weighted by Crippen LogP contribution is -2.15. The fourth-order valence-corrected chi connectivity index (χ4v) is 2.55. The van der Waals surface area contributed by atoms with Gasteiger partial charge in [-0.1, -0.05) is 0 Å². The summed E-state index contributed by atoms with van der Waals surface area (Å²) in [7, 11) is 2.94. The molecule has 124 valence electrons. The zero-order valence-corrected chi connectivity index (χ0v) is 13.0. The molecule has 5 nitrogen and oxygen atoms in total. The Bertz CT molecular complexity index is 701. The summed E-state index contributed by atoms with van der Waals surface area (Å²) in [4.78, 5) is 15.3. The van der Waals surface area contributed by atoms with Gasteiger partial charge in [-0.05, 0) is 18.2 Å². The number of alkyl halides is 3. The van der Waals surface area contributed by atoms with Crippen LogP contribution < -0.4 is 14.8 Å². The molecule has 2 aromatic rings. The predicted molar refractivity (Wildman–Crippen MR) is 79.0 cm³/mol. The Kier molecular flexibility index (Phi) is 5.09. The molecule has 0 saturated heterocycles. The Morgan fingerprint density at radius 2 is 2.04 bits per heavy atom. The van der Waals surface area contributed by atoms with Crippen molar-refractivity contribution in [2.24, 2.45) is 0 Å². The second-order valence-electron chi connectivity index (χ2n) is 4.44. The zero-order chi connectivity index (χ0) is 17.0. The number of amides is 1. The molecule has 0 atom stereocenters. The molecule has 1 amide bonds. The molecule has 0 spiro atoms. The van der Waals surface area contributed by atoms with E-state index in [0.29, 0.717) is 28.4 Å². The summed E-state index contributed by atoms with van der Waals surface area (Å²) in [6.45, 7) is 0. The van der Waals surface area contributed by atoms with E-state index in [2.05, 4.69) is 10.3 Å². The highest BCUT2D eigenvalue weighted by atomic mass is 32.1. The molecule has 1 N–H and O–H groups in total. The summed E-state index contributed by atoms with van der Waals surface area (Å²) in [5.41, 5.74) is -0.478. The summed E-state index contributed by atoms with van der Waals surface area (Å²) in [5.74, 6) is 0.526. The van der Waals surface area contributed by atoms with Crippen LogP contribution in [-0.4, -0.2) is 25.1 Å². The number of hydrogen-bond donors (Lipinski definition) is 1. The largest absolute Gasteiger partial charge is 0.497 e. The van der Waals surface area contributed by atoms with E-state index in [1.807, 2.05) is 0 Å². The number of methoxy groups -OCH3 is 2. The third-order valence-electron chi connectivity index (χ3n) is 2.88. The molecule has 0 aliphatic carbocycles. The SMILES string of the molecule is COc1ccc(OC)c(CC(=O)Nc2nc(C(F)(F)F)cs2)c1. The van der Waals surface area contributed by atoms with Crippen LogP contribution in [0.2, 0.25) is 0 Å². The molecule has 2 rings (SSSR count). The van der Waals surface area contributed by atoms with Gasteiger partial charge in [-0.3, -0.25) is 4.79 Å². The first-order valence-electron chi connectivity index (χ1n) is 6.37. The van der Waals surface area contributed by atoms with Crippen LogP contribution in [0.3, 0.4) is 0 Å². The van der Waals surface area contributed by atoms with Crippen LogP contribution >= 0.6 is 11.3 Å². The first kappa shape index (κ1) is 17.1. The third kappa shape index (κ3) is 4.35. The van der Waals surface area contributed by atoms with Gasteiger partial charge >= 0.3 is 6.18 Å². The van der Waals surface area contributed by atoms with Crippen LogP contribution in [0.5, 0.6) is 11.5 Å². The van der Waals surface area contributed by atoms with Crippen LogP contribution in [0.25, 0.3) is 0 Å². The number of carbonyl (C=O) groups is 1. The minimum absolute atomic E-state index is 0.0820. The highest BCUT2D eigenvalue weighted by Gasteiger charge is 2.33. The number of nitrogens with one attached hydrogen (secondary N) is 1. The van der Waals surface area contributed by atoms with Crippen molar-refractivity contribution in [1.82, 2.24) is 4.98 Å². The monoisotopic (exact) mass is 346 g/mol. The van der Waals surface area contributed by atoms with E-state index in [1.165, 1.54) is 14.2 Å². The number of benzene rings is 1. The number of anilines is 1. The number of ether oxygens (including phenoxy) is 2. The molecule has 0 unspecified atom stereocenters. The molecule has 0 fully saturated rings. The van der Waals surface area contributed by atoms with Crippen LogP contribution in [0.4, 0.5) is 18.3 Å². The normalized spacial score (nSPS) is 11.2. The quantitative estimate of drug-likeness (QED) is 0.902. The molecule has 1 heterocycles. The fraction of sp³-hybridized carbons (Fsp3) is 0.286. The molecule has 9 heteroatoms. The van der Waals surface area contributed by atoms with Gasteiger partial charge in [0.05, 0.1) is 20.6 Å². The summed E-state index contributed by atoms with van der Waals surface area (Å²) in [6.07, 6.45) is -4.61. The van der Waals surface area contributed by atoms with Crippen LogP contribution in [0.1, 0.15) is 11.3 Å². The molecule has 0 radical (unpaired) electrons. The number of rotatable bonds is 5. The van der Waals surface area contributed by atoms with E-state index < -0.39 is 17.8 Å². The second-order valence-corrected chi connectivity index (χ2v) is 5.30. The number of halogens is 3. The molecule has 0 aliphatic heterocycles. The van der Waals surface area contributed by atoms with E-state index in [9.17, 15) is 18.0 Å². The van der Waals surface area contributed by atoms with Crippen molar-refractivity contribution in [3.63, 3.8) is 0 Å². The summed E-state index contributed by atoms with van der Waals surface area (Å²) in [5, 5.41) is 3.09. The lowest BCUT2D eigenvalue weighted by Gasteiger charge is -2.10. The van der Waals surface area contributed by atoms with Gasteiger partial charge in [0, 0.05) is 10.9 Å². The van der Waals surface area contributed by atoms with Gasteiger partial charge in [-0.2, -0.15) is 13.2 Å². The van der Waals surface area contributed by atoms with Crippen molar-refractivity contribution in [3.8, 4) is 11.5 Å². The summed E-state index contributed by atoms with van der Waals surface area (Å²) in [6, 6.07) is 4.95. The van der Waals surface area contributed by atoms with E-state index in [0.717, 1.165) is 5.38 Å². The lowest BCUT2D eigenvalue weighted by molar-refractivity contribution is -0.140. The van der Waals surface area contributed by atoms with Gasteiger partial charge in [0.2, 0.25) is 5.91 Å². The van der Waals surface area contributed by atoms with Crippen molar-refractivity contribution in [1.29, 1.82) is 0 Å².